The molecule has 7 nitrogen and oxygen atoms in total. The lowest BCUT2D eigenvalue weighted by Crippen LogP contribution is -2.46. The van der Waals surface area contributed by atoms with Gasteiger partial charge in [0.25, 0.3) is 0 Å². The molecule has 1 atom stereocenters. The molecule has 36 heavy (non-hydrogen) atoms. The van der Waals surface area contributed by atoms with Crippen LogP contribution in [0.4, 0.5) is 11.4 Å². The number of benzene rings is 3. The normalized spacial score (nSPS) is 16.6. The van der Waals surface area contributed by atoms with Gasteiger partial charge < -0.3 is 14.8 Å². The van der Waals surface area contributed by atoms with Crippen LogP contribution in [0.25, 0.3) is 0 Å². The first-order chi connectivity index (χ1) is 17.6. The SMILES string of the molecule is CCOc1ccc(N=C2SC(C(=O)Nc3ccc(OC)cc3)CC(=O)N2CCc2ccccc2)cc1. The number of carbonyl (C=O) groups excluding carboxylic acids is 2. The summed E-state index contributed by atoms with van der Waals surface area (Å²) in [5.74, 6) is 1.10. The molecule has 1 aliphatic heterocycles. The van der Waals surface area contributed by atoms with Gasteiger partial charge in [0.1, 0.15) is 16.7 Å². The molecular formula is C28H29N3O4S. The zero-order valence-electron chi connectivity index (χ0n) is 20.3. The zero-order valence-corrected chi connectivity index (χ0v) is 21.2. The molecule has 1 saturated heterocycles. The van der Waals surface area contributed by atoms with Crippen molar-refractivity contribution in [3.63, 3.8) is 0 Å². The minimum Gasteiger partial charge on any atom is -0.497 e. The summed E-state index contributed by atoms with van der Waals surface area (Å²) < 4.78 is 10.7. The maximum Gasteiger partial charge on any atom is 0.238 e. The lowest BCUT2D eigenvalue weighted by Gasteiger charge is -2.32. The topological polar surface area (TPSA) is 80.2 Å². The fraction of sp³-hybridized carbons (Fsp3) is 0.250. The monoisotopic (exact) mass is 503 g/mol. The Kier molecular flexibility index (Phi) is 8.62. The van der Waals surface area contributed by atoms with Crippen molar-refractivity contribution >= 4 is 40.1 Å². The van der Waals surface area contributed by atoms with E-state index < -0.39 is 5.25 Å². The summed E-state index contributed by atoms with van der Waals surface area (Å²) in [4.78, 5) is 32.7. The van der Waals surface area contributed by atoms with Crippen LogP contribution in [0.15, 0.2) is 83.9 Å². The Hall–Kier alpha value is -3.78. The number of amidine groups is 1. The second-order valence-corrected chi connectivity index (χ2v) is 9.30. The zero-order chi connectivity index (χ0) is 25.3. The molecule has 1 fully saturated rings. The molecule has 1 unspecified atom stereocenters. The van der Waals surface area contributed by atoms with Gasteiger partial charge in [-0.25, -0.2) is 4.99 Å². The summed E-state index contributed by atoms with van der Waals surface area (Å²) in [6, 6.07) is 24.5. The van der Waals surface area contributed by atoms with Gasteiger partial charge in [-0.15, -0.1) is 0 Å². The molecule has 3 aromatic rings. The van der Waals surface area contributed by atoms with Gasteiger partial charge in [-0.05, 0) is 67.4 Å². The van der Waals surface area contributed by atoms with Crippen molar-refractivity contribution in [1.82, 2.24) is 4.90 Å². The van der Waals surface area contributed by atoms with E-state index in [1.165, 1.54) is 11.8 Å². The number of aliphatic imine (C=N–C) groups is 1. The van der Waals surface area contributed by atoms with Crippen molar-refractivity contribution in [2.45, 2.75) is 25.0 Å². The molecule has 1 heterocycles. The Morgan fingerprint density at radius 2 is 1.72 bits per heavy atom. The van der Waals surface area contributed by atoms with Crippen LogP contribution < -0.4 is 14.8 Å². The maximum atomic E-state index is 13.2. The van der Waals surface area contributed by atoms with E-state index in [9.17, 15) is 9.59 Å². The molecule has 0 saturated carbocycles. The highest BCUT2D eigenvalue weighted by Crippen LogP contribution is 2.31. The first-order valence-corrected chi connectivity index (χ1v) is 12.7. The van der Waals surface area contributed by atoms with Crippen LogP contribution in [-0.2, 0) is 16.0 Å². The van der Waals surface area contributed by atoms with E-state index in [4.69, 9.17) is 14.5 Å². The fourth-order valence-corrected chi connectivity index (χ4v) is 4.86. The largest absolute Gasteiger partial charge is 0.497 e. The predicted octanol–water partition coefficient (Wildman–Crippen LogP) is 5.30. The van der Waals surface area contributed by atoms with E-state index >= 15 is 0 Å². The highest BCUT2D eigenvalue weighted by Gasteiger charge is 2.35. The van der Waals surface area contributed by atoms with E-state index in [0.29, 0.717) is 41.9 Å². The molecule has 1 N–H and O–H groups in total. The summed E-state index contributed by atoms with van der Waals surface area (Å²) in [5, 5.41) is 2.83. The average Bonchev–Trinajstić information content (AvgIpc) is 2.90. The molecule has 186 valence electrons. The van der Waals surface area contributed by atoms with Gasteiger partial charge in [-0.1, -0.05) is 42.1 Å². The van der Waals surface area contributed by atoms with E-state index in [2.05, 4.69) is 5.32 Å². The van der Waals surface area contributed by atoms with E-state index in [1.54, 1.807) is 36.3 Å². The number of nitrogens with one attached hydrogen (secondary N) is 1. The Balaban J connectivity index is 1.53. The Morgan fingerprint density at radius 3 is 2.39 bits per heavy atom. The summed E-state index contributed by atoms with van der Waals surface area (Å²) in [7, 11) is 1.59. The molecule has 3 aromatic carbocycles. The van der Waals surface area contributed by atoms with E-state index in [-0.39, 0.29) is 18.2 Å². The smallest absolute Gasteiger partial charge is 0.238 e. The van der Waals surface area contributed by atoms with Crippen LogP contribution in [0.5, 0.6) is 11.5 Å². The van der Waals surface area contributed by atoms with Crippen molar-refractivity contribution < 1.29 is 19.1 Å². The average molecular weight is 504 g/mol. The van der Waals surface area contributed by atoms with Gasteiger partial charge in [-0.2, -0.15) is 0 Å². The van der Waals surface area contributed by atoms with Crippen LogP contribution in [0.3, 0.4) is 0 Å². The van der Waals surface area contributed by atoms with Gasteiger partial charge in [-0.3, -0.25) is 14.5 Å². The van der Waals surface area contributed by atoms with E-state index in [0.717, 1.165) is 11.3 Å². The van der Waals surface area contributed by atoms with Crippen molar-refractivity contribution in [2.75, 3.05) is 25.6 Å². The van der Waals surface area contributed by atoms with Gasteiger partial charge in [0.15, 0.2) is 5.17 Å². The van der Waals surface area contributed by atoms with E-state index in [1.807, 2.05) is 61.5 Å². The van der Waals surface area contributed by atoms with Gasteiger partial charge in [0, 0.05) is 18.7 Å². The van der Waals surface area contributed by atoms with Crippen LogP contribution in [0.2, 0.25) is 0 Å². The standard InChI is InChI=1S/C28H29N3O4S/c1-3-35-24-15-11-22(12-16-24)30-28-31(18-17-20-7-5-4-6-8-20)26(32)19-25(36-28)27(33)29-21-9-13-23(34-2)14-10-21/h4-16,25H,3,17-19H2,1-2H3,(H,29,33). The minimum absolute atomic E-state index is 0.101. The third-order valence-corrected chi connectivity index (χ3v) is 6.82. The van der Waals surface area contributed by atoms with Crippen molar-refractivity contribution in [3.05, 3.63) is 84.4 Å². The van der Waals surface area contributed by atoms with Gasteiger partial charge in [0.2, 0.25) is 11.8 Å². The number of hydrogen-bond acceptors (Lipinski definition) is 6. The highest BCUT2D eigenvalue weighted by atomic mass is 32.2. The number of anilines is 1. The Bertz CT molecular complexity index is 1200. The molecule has 0 aromatic heterocycles. The Labute approximate surface area is 215 Å². The lowest BCUT2D eigenvalue weighted by molar-refractivity contribution is -0.129. The predicted molar refractivity (Wildman–Crippen MR) is 144 cm³/mol. The first kappa shape index (κ1) is 25.3. The van der Waals surface area contributed by atoms with Crippen LogP contribution >= 0.6 is 11.8 Å². The summed E-state index contributed by atoms with van der Waals surface area (Å²) >= 11 is 1.31. The number of rotatable bonds is 9. The van der Waals surface area contributed by atoms with Crippen molar-refractivity contribution in [1.29, 1.82) is 0 Å². The maximum absolute atomic E-state index is 13.2. The molecule has 2 amide bonds. The second-order valence-electron chi connectivity index (χ2n) is 8.13. The van der Waals surface area contributed by atoms with Gasteiger partial charge in [0.05, 0.1) is 19.4 Å². The lowest BCUT2D eigenvalue weighted by atomic mass is 10.1. The summed E-state index contributed by atoms with van der Waals surface area (Å²) in [6.07, 6.45) is 0.794. The number of carbonyl (C=O) groups is 2. The van der Waals surface area contributed by atoms with Crippen LogP contribution in [0.1, 0.15) is 18.9 Å². The third-order valence-electron chi connectivity index (χ3n) is 5.63. The molecule has 0 bridgehead atoms. The second kappa shape index (κ2) is 12.3. The number of thioether (sulfide) groups is 1. The number of hydrogen-bond donors (Lipinski definition) is 1. The molecule has 1 aliphatic rings. The molecule has 0 radical (unpaired) electrons. The molecule has 8 heteroatoms. The number of nitrogens with zero attached hydrogens (tertiary/aromatic N) is 2. The summed E-state index contributed by atoms with van der Waals surface area (Å²) in [5.41, 5.74) is 2.47. The molecule has 0 aliphatic carbocycles. The van der Waals surface area contributed by atoms with Crippen LogP contribution in [-0.4, -0.2) is 47.4 Å². The fourth-order valence-electron chi connectivity index (χ4n) is 3.74. The molecule has 4 rings (SSSR count). The number of methoxy groups -OCH3 is 1. The van der Waals surface area contributed by atoms with Gasteiger partial charge >= 0.3 is 0 Å². The molecule has 0 spiro atoms. The third kappa shape index (κ3) is 6.66. The van der Waals surface area contributed by atoms with Crippen molar-refractivity contribution in [3.8, 4) is 11.5 Å². The Morgan fingerprint density at radius 1 is 1.03 bits per heavy atom. The minimum atomic E-state index is -0.589. The quantitative estimate of drug-likeness (QED) is 0.429. The highest BCUT2D eigenvalue weighted by molar-refractivity contribution is 8.15. The molecular weight excluding hydrogens is 474 g/mol. The summed E-state index contributed by atoms with van der Waals surface area (Å²) in [6.45, 7) is 3.00. The first-order valence-electron chi connectivity index (χ1n) is 11.8. The number of amides is 2. The number of ether oxygens (including phenoxy) is 2. The van der Waals surface area contributed by atoms with Crippen molar-refractivity contribution in [2.24, 2.45) is 4.99 Å². The van der Waals surface area contributed by atoms with Crippen LogP contribution in [0, 0.1) is 0 Å².